The molecule has 0 saturated carbocycles. The first-order chi connectivity index (χ1) is 22.6. The van der Waals surface area contributed by atoms with E-state index in [0.29, 0.717) is 46.0 Å². The molecule has 0 rings (SSSR count). The second kappa shape index (κ2) is 38.6. The molecule has 0 saturated heterocycles. The molecule has 0 aliphatic carbocycles. The number of methoxy groups -OCH3 is 1. The van der Waals surface area contributed by atoms with Crippen LogP contribution in [0.25, 0.3) is 0 Å². The van der Waals surface area contributed by atoms with Crippen LogP contribution in [0.5, 0.6) is 0 Å². The van der Waals surface area contributed by atoms with Crippen molar-refractivity contribution in [1.82, 2.24) is 5.32 Å². The van der Waals surface area contributed by atoms with E-state index in [-0.39, 0.29) is 12.2 Å². The van der Waals surface area contributed by atoms with Crippen molar-refractivity contribution >= 4 is 6.09 Å². The first-order valence-corrected chi connectivity index (χ1v) is 19.8. The first-order valence-electron chi connectivity index (χ1n) is 19.8. The number of carbonyl (C=O) groups excluding carboxylic acids is 1. The van der Waals surface area contributed by atoms with Crippen LogP contribution in [-0.4, -0.2) is 71.6 Å². The molecular weight excluding hydrogens is 578 g/mol. The molecule has 0 spiro atoms. The van der Waals surface area contributed by atoms with Crippen LogP contribution in [0.1, 0.15) is 181 Å². The average molecular weight is 658 g/mol. The van der Waals surface area contributed by atoms with Gasteiger partial charge in [0.2, 0.25) is 0 Å². The lowest BCUT2D eigenvalue weighted by Crippen LogP contribution is -2.37. The quantitative estimate of drug-likeness (QED) is 0.0666. The van der Waals surface area contributed by atoms with Gasteiger partial charge in [0.15, 0.2) is 0 Å². The van der Waals surface area contributed by atoms with Crippen molar-refractivity contribution in [2.24, 2.45) is 0 Å². The molecule has 1 N–H and O–H groups in total. The smallest absolute Gasteiger partial charge is 0.407 e. The predicted octanol–water partition coefficient (Wildman–Crippen LogP) is 11.0. The number of alkyl carbamates (subject to hydrolysis) is 1. The maximum atomic E-state index is 12.3. The molecule has 2 atom stereocenters. The summed E-state index contributed by atoms with van der Waals surface area (Å²) in [5, 5.41) is 2.88. The van der Waals surface area contributed by atoms with Gasteiger partial charge < -0.3 is 29.0 Å². The minimum atomic E-state index is -0.413. The minimum absolute atomic E-state index is 0.0169. The van der Waals surface area contributed by atoms with Crippen LogP contribution in [0.3, 0.4) is 0 Å². The third-order valence-electron chi connectivity index (χ3n) is 8.72. The van der Waals surface area contributed by atoms with Crippen molar-refractivity contribution in [3.05, 3.63) is 0 Å². The van der Waals surface area contributed by atoms with E-state index in [1.165, 1.54) is 141 Å². The van der Waals surface area contributed by atoms with E-state index >= 15 is 0 Å². The molecular formula is C39H79NO6. The molecule has 0 aromatic heterocycles. The highest BCUT2D eigenvalue weighted by atomic mass is 16.6. The van der Waals surface area contributed by atoms with Gasteiger partial charge in [-0.2, -0.15) is 0 Å². The third-order valence-corrected chi connectivity index (χ3v) is 8.72. The van der Waals surface area contributed by atoms with E-state index in [1.807, 2.05) is 6.92 Å². The van der Waals surface area contributed by atoms with Gasteiger partial charge in [0.1, 0.15) is 0 Å². The molecule has 276 valence electrons. The number of ether oxygens (including phenoxy) is 5. The van der Waals surface area contributed by atoms with Gasteiger partial charge in [0.25, 0.3) is 0 Å². The Morgan fingerprint density at radius 3 is 1.48 bits per heavy atom. The Morgan fingerprint density at radius 2 is 1.00 bits per heavy atom. The van der Waals surface area contributed by atoms with Crippen LogP contribution in [0.2, 0.25) is 0 Å². The number of hydrogen-bond acceptors (Lipinski definition) is 6. The summed E-state index contributed by atoms with van der Waals surface area (Å²) in [6.07, 6.45) is 32.0. The van der Waals surface area contributed by atoms with E-state index in [1.54, 1.807) is 7.11 Å². The lowest BCUT2D eigenvalue weighted by atomic mass is 10.1. The summed E-state index contributed by atoms with van der Waals surface area (Å²) in [4.78, 5) is 12.3. The van der Waals surface area contributed by atoms with Gasteiger partial charge in [-0.3, -0.25) is 0 Å². The van der Waals surface area contributed by atoms with Crippen LogP contribution in [0, 0.1) is 0 Å². The summed E-state index contributed by atoms with van der Waals surface area (Å²) in [5.41, 5.74) is 0. The molecule has 0 fully saturated rings. The Morgan fingerprint density at radius 1 is 0.543 bits per heavy atom. The first kappa shape index (κ1) is 45.1. The summed E-state index contributed by atoms with van der Waals surface area (Å²) in [5.74, 6) is 0. The average Bonchev–Trinajstić information content (AvgIpc) is 3.05. The summed E-state index contributed by atoms with van der Waals surface area (Å²) in [6, 6.07) is 0. The molecule has 46 heavy (non-hydrogen) atoms. The molecule has 2 unspecified atom stereocenters. The van der Waals surface area contributed by atoms with E-state index in [0.717, 1.165) is 19.4 Å². The molecule has 0 aliphatic heterocycles. The van der Waals surface area contributed by atoms with Crippen molar-refractivity contribution in [3.8, 4) is 0 Å². The lowest BCUT2D eigenvalue weighted by molar-refractivity contribution is -0.0179. The van der Waals surface area contributed by atoms with Crippen molar-refractivity contribution in [2.45, 2.75) is 193 Å². The van der Waals surface area contributed by atoms with E-state index in [4.69, 9.17) is 23.7 Å². The van der Waals surface area contributed by atoms with Gasteiger partial charge in [0.05, 0.1) is 38.6 Å². The minimum Gasteiger partial charge on any atom is -0.449 e. The zero-order chi connectivity index (χ0) is 33.6. The van der Waals surface area contributed by atoms with Gasteiger partial charge in [0, 0.05) is 33.3 Å². The normalized spacial score (nSPS) is 12.8. The zero-order valence-electron chi connectivity index (χ0n) is 31.2. The Hall–Kier alpha value is -0.890. The lowest BCUT2D eigenvalue weighted by Gasteiger charge is -2.19. The third kappa shape index (κ3) is 36.0. The number of amides is 1. The molecule has 0 aliphatic rings. The van der Waals surface area contributed by atoms with E-state index in [2.05, 4.69) is 19.2 Å². The zero-order valence-corrected chi connectivity index (χ0v) is 31.2. The van der Waals surface area contributed by atoms with Gasteiger partial charge in [-0.1, -0.05) is 155 Å². The topological polar surface area (TPSA) is 75.3 Å². The Balaban J connectivity index is 4.09. The van der Waals surface area contributed by atoms with Crippen molar-refractivity contribution in [3.63, 3.8) is 0 Å². The highest BCUT2D eigenvalue weighted by Gasteiger charge is 2.13. The fourth-order valence-corrected chi connectivity index (χ4v) is 5.60. The van der Waals surface area contributed by atoms with Crippen molar-refractivity contribution in [1.29, 1.82) is 0 Å². The van der Waals surface area contributed by atoms with Crippen LogP contribution in [0.15, 0.2) is 0 Å². The van der Waals surface area contributed by atoms with Crippen LogP contribution in [0.4, 0.5) is 4.79 Å². The summed E-state index contributed by atoms with van der Waals surface area (Å²) >= 11 is 0. The van der Waals surface area contributed by atoms with Crippen LogP contribution >= 0.6 is 0 Å². The summed E-state index contributed by atoms with van der Waals surface area (Å²) in [6.45, 7) is 10.3. The van der Waals surface area contributed by atoms with Gasteiger partial charge in [-0.15, -0.1) is 0 Å². The molecule has 7 nitrogen and oxygen atoms in total. The fraction of sp³-hybridized carbons (Fsp3) is 0.974. The van der Waals surface area contributed by atoms with E-state index in [9.17, 15) is 4.79 Å². The Labute approximate surface area is 286 Å². The highest BCUT2D eigenvalue weighted by molar-refractivity contribution is 5.67. The number of nitrogens with one attached hydrogen (secondary N) is 1. The molecule has 1 amide bonds. The Kier molecular flexibility index (Phi) is 37.8. The summed E-state index contributed by atoms with van der Waals surface area (Å²) < 4.78 is 28.2. The molecule has 0 bridgehead atoms. The van der Waals surface area contributed by atoms with Gasteiger partial charge in [-0.05, 0) is 19.8 Å². The molecule has 0 radical (unpaired) electrons. The number of rotatable bonds is 38. The maximum Gasteiger partial charge on any atom is 0.407 e. The number of unbranched alkanes of at least 4 members (excludes halogenated alkanes) is 22. The monoisotopic (exact) mass is 658 g/mol. The Bertz CT molecular complexity index is 593. The summed E-state index contributed by atoms with van der Waals surface area (Å²) in [7, 11) is 1.65. The van der Waals surface area contributed by atoms with Crippen molar-refractivity contribution in [2.75, 3.05) is 53.3 Å². The standard InChI is InChI=1S/C39H79NO6/c1-5-7-9-11-13-15-17-19-21-23-25-27-30-43-36-38(35-40-39(41)46-32-29-37(3)44-34-33-42-4)45-31-28-26-24-22-20-18-16-14-12-10-8-6-2/h37-38H,5-36H2,1-4H3,(H,40,41). The molecule has 0 aromatic rings. The number of carbonyl (C=O) groups is 1. The SMILES string of the molecule is CCCCCCCCCCCCCCOCC(CNC(=O)OCCC(C)OCCOC)OCCCCCCCCCCCCCC. The van der Waals surface area contributed by atoms with Crippen LogP contribution < -0.4 is 5.32 Å². The predicted molar refractivity (Wildman–Crippen MR) is 194 cm³/mol. The highest BCUT2D eigenvalue weighted by Crippen LogP contribution is 2.13. The molecule has 0 aromatic carbocycles. The number of hydrogen-bond donors (Lipinski definition) is 1. The second-order valence-corrected chi connectivity index (χ2v) is 13.3. The van der Waals surface area contributed by atoms with Gasteiger partial charge in [-0.25, -0.2) is 4.79 Å². The molecule has 7 heteroatoms. The second-order valence-electron chi connectivity index (χ2n) is 13.3. The van der Waals surface area contributed by atoms with Gasteiger partial charge >= 0.3 is 6.09 Å². The van der Waals surface area contributed by atoms with Crippen LogP contribution in [-0.2, 0) is 23.7 Å². The fourth-order valence-electron chi connectivity index (χ4n) is 5.60. The largest absolute Gasteiger partial charge is 0.449 e. The molecule has 0 heterocycles. The maximum absolute atomic E-state index is 12.3. The van der Waals surface area contributed by atoms with E-state index < -0.39 is 6.09 Å². The van der Waals surface area contributed by atoms with Crippen molar-refractivity contribution < 1.29 is 28.5 Å².